The molecule has 0 aliphatic rings. The molecule has 5 nitrogen and oxygen atoms in total. The average molecular weight is 373 g/mol. The van der Waals surface area contributed by atoms with E-state index in [0.717, 1.165) is 10.9 Å². The van der Waals surface area contributed by atoms with Crippen LogP contribution in [-0.2, 0) is 5.54 Å². The van der Waals surface area contributed by atoms with E-state index in [1.165, 1.54) is 5.39 Å². The Hall–Kier alpha value is -2.37. The number of nitrogens with zero attached hydrogens (tertiary/aromatic N) is 2. The summed E-state index contributed by atoms with van der Waals surface area (Å²) < 4.78 is 1.79. The highest BCUT2D eigenvalue weighted by atomic mass is 35.5. The van der Waals surface area contributed by atoms with Crippen molar-refractivity contribution in [3.05, 3.63) is 66.0 Å². The maximum absolute atomic E-state index is 12.6. The molecule has 1 amide bonds. The zero-order valence-electron chi connectivity index (χ0n) is 15.3. The Kier molecular flexibility index (Phi) is 6.05. The maximum atomic E-state index is 12.6. The van der Waals surface area contributed by atoms with Gasteiger partial charge in [-0.25, -0.2) is 0 Å². The van der Waals surface area contributed by atoms with E-state index in [2.05, 4.69) is 34.7 Å². The van der Waals surface area contributed by atoms with Gasteiger partial charge in [-0.1, -0.05) is 36.4 Å². The smallest absolute Gasteiger partial charge is 0.254 e. The Labute approximate surface area is 160 Å². The third-order valence-electron chi connectivity index (χ3n) is 4.25. The molecule has 1 aromatic heterocycles. The summed E-state index contributed by atoms with van der Waals surface area (Å²) in [7, 11) is 0. The molecular formula is C20H25ClN4O. The van der Waals surface area contributed by atoms with Crippen molar-refractivity contribution in [1.82, 2.24) is 15.1 Å². The first kappa shape index (κ1) is 19.9. The molecule has 0 fully saturated rings. The van der Waals surface area contributed by atoms with Crippen LogP contribution in [0.1, 0.15) is 42.7 Å². The fraction of sp³-hybridized carbons (Fsp3) is 0.300. The fourth-order valence-corrected chi connectivity index (χ4v) is 2.75. The van der Waals surface area contributed by atoms with Gasteiger partial charge in [0.25, 0.3) is 5.91 Å². The first-order valence-corrected chi connectivity index (χ1v) is 8.43. The van der Waals surface area contributed by atoms with Crippen LogP contribution in [0.2, 0.25) is 0 Å². The molecule has 6 heteroatoms. The third kappa shape index (κ3) is 4.23. The molecule has 26 heavy (non-hydrogen) atoms. The SMILES string of the molecule is CC(C)(C)n1cc(C(=O)NC(CN)c2ccc3ccccc3c2)cn1.Cl. The molecule has 0 aliphatic heterocycles. The van der Waals surface area contributed by atoms with Crippen LogP contribution < -0.4 is 11.1 Å². The molecule has 3 N–H and O–H groups in total. The van der Waals surface area contributed by atoms with Crippen molar-refractivity contribution < 1.29 is 4.79 Å². The van der Waals surface area contributed by atoms with Crippen molar-refractivity contribution in [3.63, 3.8) is 0 Å². The van der Waals surface area contributed by atoms with E-state index >= 15 is 0 Å². The summed E-state index contributed by atoms with van der Waals surface area (Å²) >= 11 is 0. The van der Waals surface area contributed by atoms with E-state index in [4.69, 9.17) is 5.73 Å². The zero-order valence-corrected chi connectivity index (χ0v) is 16.1. The summed E-state index contributed by atoms with van der Waals surface area (Å²) in [5.74, 6) is -0.167. The van der Waals surface area contributed by atoms with E-state index in [1.807, 2.05) is 39.0 Å². The number of hydrogen-bond donors (Lipinski definition) is 2. The third-order valence-corrected chi connectivity index (χ3v) is 4.25. The van der Waals surface area contributed by atoms with Gasteiger partial charge in [0.15, 0.2) is 0 Å². The van der Waals surface area contributed by atoms with Gasteiger partial charge in [-0.2, -0.15) is 5.10 Å². The number of amides is 1. The molecule has 0 aliphatic carbocycles. The first-order chi connectivity index (χ1) is 11.9. The van der Waals surface area contributed by atoms with Gasteiger partial charge in [0.1, 0.15) is 0 Å². The topological polar surface area (TPSA) is 72.9 Å². The number of nitrogens with two attached hydrogens (primary N) is 1. The largest absolute Gasteiger partial charge is 0.344 e. The van der Waals surface area contributed by atoms with Gasteiger partial charge in [0.2, 0.25) is 0 Å². The first-order valence-electron chi connectivity index (χ1n) is 8.43. The van der Waals surface area contributed by atoms with Crippen molar-refractivity contribution in [3.8, 4) is 0 Å². The molecular weight excluding hydrogens is 348 g/mol. The van der Waals surface area contributed by atoms with Gasteiger partial charge in [0.05, 0.1) is 23.3 Å². The fourth-order valence-electron chi connectivity index (χ4n) is 2.75. The van der Waals surface area contributed by atoms with Gasteiger partial charge in [-0.3, -0.25) is 9.48 Å². The Balaban J connectivity index is 0.00000243. The predicted molar refractivity (Wildman–Crippen MR) is 108 cm³/mol. The van der Waals surface area contributed by atoms with Gasteiger partial charge < -0.3 is 11.1 Å². The maximum Gasteiger partial charge on any atom is 0.254 e. The van der Waals surface area contributed by atoms with E-state index in [0.29, 0.717) is 12.1 Å². The number of aromatic nitrogens is 2. The molecule has 0 saturated heterocycles. The zero-order chi connectivity index (χ0) is 18.0. The lowest BCUT2D eigenvalue weighted by Crippen LogP contribution is -2.33. The molecule has 138 valence electrons. The van der Waals surface area contributed by atoms with Crippen molar-refractivity contribution >= 4 is 29.1 Å². The summed E-state index contributed by atoms with van der Waals surface area (Å²) in [6.07, 6.45) is 3.36. The second kappa shape index (κ2) is 7.89. The normalized spacial score (nSPS) is 12.5. The highest BCUT2D eigenvalue weighted by Crippen LogP contribution is 2.21. The molecule has 1 heterocycles. The molecule has 3 aromatic rings. The minimum atomic E-state index is -0.241. The molecule has 3 rings (SSSR count). The highest BCUT2D eigenvalue weighted by Gasteiger charge is 2.19. The van der Waals surface area contributed by atoms with E-state index in [1.54, 1.807) is 17.1 Å². The number of fused-ring (bicyclic) bond motifs is 1. The van der Waals surface area contributed by atoms with Crippen molar-refractivity contribution in [2.45, 2.75) is 32.4 Å². The van der Waals surface area contributed by atoms with Crippen LogP contribution in [0.15, 0.2) is 54.9 Å². The second-order valence-electron chi connectivity index (χ2n) is 7.21. The number of rotatable bonds is 4. The number of carbonyl (C=O) groups excluding carboxylic acids is 1. The van der Waals surface area contributed by atoms with Crippen LogP contribution in [0.25, 0.3) is 10.8 Å². The van der Waals surface area contributed by atoms with Crippen LogP contribution in [0.5, 0.6) is 0 Å². The Bertz CT molecular complexity index is 898. The molecule has 0 spiro atoms. The lowest BCUT2D eigenvalue weighted by Gasteiger charge is -2.19. The summed E-state index contributed by atoms with van der Waals surface area (Å²) in [5.41, 5.74) is 7.29. The van der Waals surface area contributed by atoms with Crippen molar-refractivity contribution in [2.24, 2.45) is 5.73 Å². The number of halogens is 1. The van der Waals surface area contributed by atoms with Crippen molar-refractivity contribution in [1.29, 1.82) is 0 Å². The minimum Gasteiger partial charge on any atom is -0.344 e. The quantitative estimate of drug-likeness (QED) is 0.734. The molecule has 0 saturated carbocycles. The Morgan fingerprint density at radius 1 is 1.19 bits per heavy atom. The van der Waals surface area contributed by atoms with Crippen LogP contribution >= 0.6 is 12.4 Å². The van der Waals surface area contributed by atoms with Crippen LogP contribution in [0.3, 0.4) is 0 Å². The Morgan fingerprint density at radius 3 is 2.50 bits per heavy atom. The molecule has 1 atom stereocenters. The van der Waals surface area contributed by atoms with E-state index in [9.17, 15) is 4.79 Å². The molecule has 2 aromatic carbocycles. The second-order valence-corrected chi connectivity index (χ2v) is 7.21. The lowest BCUT2D eigenvalue weighted by atomic mass is 10.0. The van der Waals surface area contributed by atoms with E-state index in [-0.39, 0.29) is 29.9 Å². The monoisotopic (exact) mass is 372 g/mol. The molecule has 1 unspecified atom stereocenters. The summed E-state index contributed by atoms with van der Waals surface area (Å²) in [6.45, 7) is 6.45. The van der Waals surface area contributed by atoms with Crippen molar-refractivity contribution in [2.75, 3.05) is 6.54 Å². The number of hydrogen-bond acceptors (Lipinski definition) is 3. The summed E-state index contributed by atoms with van der Waals surface area (Å²) in [4.78, 5) is 12.6. The van der Waals surface area contributed by atoms with Gasteiger partial charge in [0, 0.05) is 12.7 Å². The highest BCUT2D eigenvalue weighted by molar-refractivity contribution is 5.94. The molecule has 0 radical (unpaired) electrons. The van der Waals surface area contributed by atoms with Gasteiger partial charge >= 0.3 is 0 Å². The summed E-state index contributed by atoms with van der Waals surface area (Å²) in [6, 6.07) is 14.0. The van der Waals surface area contributed by atoms with E-state index < -0.39 is 0 Å². The van der Waals surface area contributed by atoms with Gasteiger partial charge in [-0.15, -0.1) is 12.4 Å². The minimum absolute atomic E-state index is 0. The number of nitrogens with one attached hydrogen (secondary N) is 1. The standard InChI is InChI=1S/C20H24N4O.ClH/c1-20(2,3)24-13-17(12-22-24)19(25)23-18(11-21)16-9-8-14-6-4-5-7-15(14)10-16;/h4-10,12-13,18H,11,21H2,1-3H3,(H,23,25);1H. The van der Waals surface area contributed by atoms with Crippen LogP contribution in [0, 0.1) is 0 Å². The molecule has 0 bridgehead atoms. The summed E-state index contributed by atoms with van der Waals surface area (Å²) in [5, 5.41) is 9.59. The van der Waals surface area contributed by atoms with Gasteiger partial charge in [-0.05, 0) is 43.2 Å². The number of carbonyl (C=O) groups is 1. The van der Waals surface area contributed by atoms with Crippen LogP contribution in [0.4, 0.5) is 0 Å². The Morgan fingerprint density at radius 2 is 1.88 bits per heavy atom. The number of benzene rings is 2. The predicted octanol–water partition coefficient (Wildman–Crippen LogP) is 3.64. The lowest BCUT2D eigenvalue weighted by molar-refractivity contribution is 0.0937. The van der Waals surface area contributed by atoms with Crippen LogP contribution in [-0.4, -0.2) is 22.2 Å². The average Bonchev–Trinajstić information content (AvgIpc) is 3.09.